The fraction of sp³-hybridized carbons (Fsp3) is 0.455. The lowest BCUT2D eigenvalue weighted by molar-refractivity contribution is -0.165. The zero-order valence-corrected chi connectivity index (χ0v) is 16.4. The number of nitrogens with one attached hydrogen (secondary N) is 1. The van der Waals surface area contributed by atoms with E-state index in [1.165, 1.54) is 10.4 Å². The van der Waals surface area contributed by atoms with E-state index in [1.54, 1.807) is 18.3 Å². The van der Waals surface area contributed by atoms with Gasteiger partial charge in [-0.05, 0) is 68.0 Å². The summed E-state index contributed by atoms with van der Waals surface area (Å²) in [6.45, 7) is 2.07. The van der Waals surface area contributed by atoms with E-state index in [2.05, 4.69) is 16.8 Å². The van der Waals surface area contributed by atoms with Crippen molar-refractivity contribution in [3.63, 3.8) is 0 Å². The van der Waals surface area contributed by atoms with Crippen LogP contribution in [0, 0.1) is 5.41 Å². The summed E-state index contributed by atoms with van der Waals surface area (Å²) < 4.78 is 5.36. The van der Waals surface area contributed by atoms with Crippen LogP contribution in [0.15, 0.2) is 41.8 Å². The average Bonchev–Trinajstić information content (AvgIpc) is 3.16. The number of piperidine rings is 1. The van der Waals surface area contributed by atoms with Crippen LogP contribution in [-0.4, -0.2) is 18.5 Å². The number of esters is 1. The molecule has 5 heteroatoms. The molecule has 1 aromatic carbocycles. The van der Waals surface area contributed by atoms with Gasteiger partial charge in [0.2, 0.25) is 5.91 Å². The van der Waals surface area contributed by atoms with Crippen molar-refractivity contribution in [1.29, 1.82) is 0 Å². The summed E-state index contributed by atoms with van der Waals surface area (Å²) in [5.74, 6) is -0.586. The van der Waals surface area contributed by atoms with Gasteiger partial charge in [0.05, 0.1) is 12.1 Å². The van der Waals surface area contributed by atoms with Crippen molar-refractivity contribution in [2.45, 2.75) is 51.0 Å². The van der Waals surface area contributed by atoms with E-state index in [1.807, 2.05) is 30.3 Å². The lowest BCUT2D eigenvalue weighted by Gasteiger charge is -2.47. The van der Waals surface area contributed by atoms with E-state index in [9.17, 15) is 9.59 Å². The van der Waals surface area contributed by atoms with Crippen molar-refractivity contribution in [2.75, 3.05) is 6.61 Å². The van der Waals surface area contributed by atoms with Crippen LogP contribution in [-0.2, 0) is 32.7 Å². The molecule has 142 valence electrons. The van der Waals surface area contributed by atoms with Gasteiger partial charge in [-0.25, -0.2) is 0 Å². The maximum atomic E-state index is 13.4. The standard InChI is InChI=1S/C22H25NO3S/c1-2-26-20(25)21(15-16-7-4-3-5-8-16)12-13-22(23-19(21)24)11-6-9-18-17(22)10-14-27-18/h3-5,7-8,10,14H,2,6,9,11-13,15H2,1H3,(H,23,24). The summed E-state index contributed by atoms with van der Waals surface area (Å²) >= 11 is 1.77. The summed E-state index contributed by atoms with van der Waals surface area (Å²) in [6, 6.07) is 11.9. The number of rotatable bonds is 4. The van der Waals surface area contributed by atoms with E-state index in [0.29, 0.717) is 12.8 Å². The molecule has 0 bridgehead atoms. The van der Waals surface area contributed by atoms with Crippen molar-refractivity contribution in [3.8, 4) is 0 Å². The lowest BCUT2D eigenvalue weighted by atomic mass is 9.66. The van der Waals surface area contributed by atoms with Gasteiger partial charge in [-0.2, -0.15) is 0 Å². The minimum atomic E-state index is -1.14. The fourth-order valence-electron chi connectivity index (χ4n) is 4.62. The van der Waals surface area contributed by atoms with Crippen molar-refractivity contribution in [1.82, 2.24) is 5.32 Å². The Hall–Kier alpha value is -2.14. The number of fused-ring (bicyclic) bond motifs is 2. The molecule has 2 unspecified atom stereocenters. The molecule has 1 amide bonds. The maximum absolute atomic E-state index is 13.4. The molecule has 1 spiro atoms. The molecule has 1 aliphatic carbocycles. The average molecular weight is 384 g/mol. The Bertz CT molecular complexity index is 846. The largest absolute Gasteiger partial charge is 0.465 e. The molecule has 27 heavy (non-hydrogen) atoms. The quantitative estimate of drug-likeness (QED) is 0.642. The molecule has 2 atom stereocenters. The molecule has 1 aliphatic heterocycles. The van der Waals surface area contributed by atoms with Gasteiger partial charge in [0.25, 0.3) is 0 Å². The first-order chi connectivity index (χ1) is 13.1. The maximum Gasteiger partial charge on any atom is 0.321 e. The van der Waals surface area contributed by atoms with E-state index < -0.39 is 11.4 Å². The molecule has 4 nitrogen and oxygen atoms in total. The Balaban J connectivity index is 1.67. The molecule has 2 heterocycles. The number of carbonyl (C=O) groups is 2. The van der Waals surface area contributed by atoms with Gasteiger partial charge in [-0.3, -0.25) is 9.59 Å². The van der Waals surface area contributed by atoms with Crippen LogP contribution < -0.4 is 5.32 Å². The van der Waals surface area contributed by atoms with E-state index in [-0.39, 0.29) is 18.1 Å². The highest BCUT2D eigenvalue weighted by atomic mass is 32.1. The summed E-state index contributed by atoms with van der Waals surface area (Å²) in [6.07, 6.45) is 4.75. The normalized spacial score (nSPS) is 27.1. The lowest BCUT2D eigenvalue weighted by Crippen LogP contribution is -2.61. The Morgan fingerprint density at radius 3 is 2.74 bits per heavy atom. The molecule has 4 rings (SSSR count). The number of amides is 1. The molecule has 2 aromatic rings. The smallest absolute Gasteiger partial charge is 0.321 e. The highest BCUT2D eigenvalue weighted by Gasteiger charge is 2.55. The summed E-state index contributed by atoms with van der Waals surface area (Å²) in [5, 5.41) is 5.40. The van der Waals surface area contributed by atoms with Crippen LogP contribution >= 0.6 is 11.3 Å². The van der Waals surface area contributed by atoms with Gasteiger partial charge in [-0.1, -0.05) is 30.3 Å². The van der Waals surface area contributed by atoms with Crippen molar-refractivity contribution < 1.29 is 14.3 Å². The van der Waals surface area contributed by atoms with E-state index in [4.69, 9.17) is 4.74 Å². The Morgan fingerprint density at radius 1 is 1.19 bits per heavy atom. The number of thiophene rings is 1. The molecule has 1 saturated heterocycles. The minimum absolute atomic E-state index is 0.185. The van der Waals surface area contributed by atoms with Gasteiger partial charge in [-0.15, -0.1) is 11.3 Å². The number of hydrogen-bond acceptors (Lipinski definition) is 4. The molecular weight excluding hydrogens is 358 g/mol. The minimum Gasteiger partial charge on any atom is -0.465 e. The van der Waals surface area contributed by atoms with Crippen LogP contribution in [0.4, 0.5) is 0 Å². The summed E-state index contributed by atoms with van der Waals surface area (Å²) in [4.78, 5) is 27.7. The Morgan fingerprint density at radius 2 is 2.00 bits per heavy atom. The highest BCUT2D eigenvalue weighted by Crippen LogP contribution is 2.48. The Labute approximate surface area is 163 Å². The van der Waals surface area contributed by atoms with E-state index in [0.717, 1.165) is 31.2 Å². The molecule has 1 fully saturated rings. The highest BCUT2D eigenvalue weighted by molar-refractivity contribution is 7.10. The molecule has 2 aliphatic rings. The second kappa shape index (κ2) is 7.12. The summed E-state index contributed by atoms with van der Waals surface area (Å²) in [5.41, 5.74) is 0.772. The molecule has 1 N–H and O–H groups in total. The first-order valence-electron chi connectivity index (χ1n) is 9.70. The first-order valence-corrected chi connectivity index (χ1v) is 10.6. The predicted molar refractivity (Wildman–Crippen MR) is 106 cm³/mol. The van der Waals surface area contributed by atoms with Gasteiger partial charge in [0.1, 0.15) is 0 Å². The van der Waals surface area contributed by atoms with E-state index >= 15 is 0 Å². The van der Waals surface area contributed by atoms with Crippen LogP contribution in [0.1, 0.15) is 48.6 Å². The first kappa shape index (κ1) is 18.2. The summed E-state index contributed by atoms with van der Waals surface area (Å²) in [7, 11) is 0. The van der Waals surface area contributed by atoms with Gasteiger partial charge in [0.15, 0.2) is 5.41 Å². The van der Waals surface area contributed by atoms with Gasteiger partial charge in [0, 0.05) is 4.88 Å². The predicted octanol–water partition coefficient (Wildman–Crippen LogP) is 3.98. The van der Waals surface area contributed by atoms with Crippen LogP contribution in [0.2, 0.25) is 0 Å². The number of ether oxygens (including phenoxy) is 1. The molecule has 0 radical (unpaired) electrons. The van der Waals surface area contributed by atoms with Crippen LogP contribution in [0.3, 0.4) is 0 Å². The number of carbonyl (C=O) groups excluding carboxylic acids is 2. The van der Waals surface area contributed by atoms with Crippen LogP contribution in [0.5, 0.6) is 0 Å². The van der Waals surface area contributed by atoms with Gasteiger partial charge < -0.3 is 10.1 Å². The van der Waals surface area contributed by atoms with Crippen molar-refractivity contribution in [3.05, 3.63) is 57.8 Å². The fourth-order valence-corrected chi connectivity index (χ4v) is 5.65. The monoisotopic (exact) mass is 383 g/mol. The van der Waals surface area contributed by atoms with Crippen molar-refractivity contribution >= 4 is 23.2 Å². The zero-order chi connectivity index (χ0) is 18.9. The number of aryl methyl sites for hydroxylation is 1. The Kier molecular flexibility index (Phi) is 4.81. The third-order valence-corrected chi connectivity index (χ3v) is 7.03. The molecule has 1 aromatic heterocycles. The topological polar surface area (TPSA) is 55.4 Å². The van der Waals surface area contributed by atoms with Gasteiger partial charge >= 0.3 is 5.97 Å². The second-order valence-electron chi connectivity index (χ2n) is 7.61. The third kappa shape index (κ3) is 3.08. The number of benzene rings is 1. The zero-order valence-electron chi connectivity index (χ0n) is 15.6. The second-order valence-corrected chi connectivity index (χ2v) is 8.61. The molecular formula is C22H25NO3S. The van der Waals surface area contributed by atoms with Crippen molar-refractivity contribution in [2.24, 2.45) is 5.41 Å². The van der Waals surface area contributed by atoms with Crippen LogP contribution in [0.25, 0.3) is 0 Å². The third-order valence-electron chi connectivity index (χ3n) is 6.05. The SMILES string of the molecule is CCOC(=O)C1(Cc2ccccc2)CCC2(CCCc3sccc32)NC1=O. The molecule has 0 saturated carbocycles. The number of hydrogen-bond donors (Lipinski definition) is 1.